The third kappa shape index (κ3) is 2.42. The van der Waals surface area contributed by atoms with Gasteiger partial charge in [0, 0.05) is 12.6 Å². The number of halogens is 1. The van der Waals surface area contributed by atoms with Gasteiger partial charge in [-0.15, -0.1) is 11.3 Å². The fourth-order valence-corrected chi connectivity index (χ4v) is 3.31. The van der Waals surface area contributed by atoms with Gasteiger partial charge in [-0.05, 0) is 54.2 Å². The summed E-state index contributed by atoms with van der Waals surface area (Å²) in [5, 5.41) is 0. The van der Waals surface area contributed by atoms with Crippen molar-refractivity contribution in [3.63, 3.8) is 0 Å². The summed E-state index contributed by atoms with van der Waals surface area (Å²) in [5.74, 6) is 0.193. The number of nitrogens with zero attached hydrogens (tertiary/aromatic N) is 1. The normalized spacial score (nSPS) is 21.7. The molecular formula is C11H14BrNOS. The molecule has 0 radical (unpaired) electrons. The van der Waals surface area contributed by atoms with Gasteiger partial charge in [0.15, 0.2) is 0 Å². The molecule has 2 heterocycles. The minimum Gasteiger partial charge on any atom is -0.335 e. The average Bonchev–Trinajstić information content (AvgIpc) is 2.65. The molecule has 82 valence electrons. The summed E-state index contributed by atoms with van der Waals surface area (Å²) in [4.78, 5) is 15.0. The first-order valence-corrected chi connectivity index (χ1v) is 6.86. The Balaban J connectivity index is 2.13. The highest BCUT2D eigenvalue weighted by Crippen LogP contribution is 2.26. The van der Waals surface area contributed by atoms with Crippen molar-refractivity contribution in [2.45, 2.75) is 32.2 Å². The fourth-order valence-electron chi connectivity index (χ4n) is 1.97. The number of thiophene rings is 1. The van der Waals surface area contributed by atoms with E-state index in [0.29, 0.717) is 6.04 Å². The summed E-state index contributed by atoms with van der Waals surface area (Å²) in [6.45, 7) is 3.05. The van der Waals surface area contributed by atoms with Gasteiger partial charge in [-0.1, -0.05) is 0 Å². The van der Waals surface area contributed by atoms with E-state index in [4.69, 9.17) is 0 Å². The van der Waals surface area contributed by atoms with E-state index >= 15 is 0 Å². The van der Waals surface area contributed by atoms with Crippen molar-refractivity contribution in [3.05, 3.63) is 20.8 Å². The minimum atomic E-state index is 0.193. The van der Waals surface area contributed by atoms with Crippen molar-refractivity contribution in [3.8, 4) is 0 Å². The highest BCUT2D eigenvalue weighted by molar-refractivity contribution is 9.11. The topological polar surface area (TPSA) is 20.3 Å². The average molecular weight is 288 g/mol. The summed E-state index contributed by atoms with van der Waals surface area (Å²) in [6.07, 6.45) is 3.53. The van der Waals surface area contributed by atoms with E-state index in [-0.39, 0.29) is 5.91 Å². The SMILES string of the molecule is C[C@H]1CCCCN1C(=O)c1ccc(Br)s1. The molecule has 1 saturated heterocycles. The zero-order valence-electron chi connectivity index (χ0n) is 8.70. The number of rotatable bonds is 1. The lowest BCUT2D eigenvalue weighted by Gasteiger charge is -2.33. The lowest BCUT2D eigenvalue weighted by Crippen LogP contribution is -2.41. The lowest BCUT2D eigenvalue weighted by atomic mass is 10.0. The van der Waals surface area contributed by atoms with Crippen LogP contribution in [-0.4, -0.2) is 23.4 Å². The molecule has 0 saturated carbocycles. The molecule has 4 heteroatoms. The second kappa shape index (κ2) is 4.66. The molecule has 1 fully saturated rings. The maximum atomic E-state index is 12.1. The Labute approximate surface area is 102 Å². The Bertz CT molecular complexity index is 363. The number of likely N-dealkylation sites (tertiary alicyclic amines) is 1. The van der Waals surface area contributed by atoms with Crippen LogP contribution in [0.4, 0.5) is 0 Å². The van der Waals surface area contributed by atoms with Gasteiger partial charge >= 0.3 is 0 Å². The van der Waals surface area contributed by atoms with Gasteiger partial charge in [-0.2, -0.15) is 0 Å². The molecule has 0 aliphatic carbocycles. The van der Waals surface area contributed by atoms with Crippen molar-refractivity contribution in [1.82, 2.24) is 4.90 Å². The van der Waals surface area contributed by atoms with Crippen LogP contribution in [0.15, 0.2) is 15.9 Å². The number of carbonyl (C=O) groups excluding carboxylic acids is 1. The van der Waals surface area contributed by atoms with Gasteiger partial charge in [0.25, 0.3) is 5.91 Å². The van der Waals surface area contributed by atoms with E-state index in [1.165, 1.54) is 17.8 Å². The van der Waals surface area contributed by atoms with Crippen molar-refractivity contribution >= 4 is 33.2 Å². The van der Waals surface area contributed by atoms with Crippen LogP contribution in [0.25, 0.3) is 0 Å². The molecule has 0 spiro atoms. The summed E-state index contributed by atoms with van der Waals surface area (Å²) in [5.41, 5.74) is 0. The van der Waals surface area contributed by atoms with E-state index in [1.807, 2.05) is 17.0 Å². The van der Waals surface area contributed by atoms with Crippen LogP contribution in [0.3, 0.4) is 0 Å². The van der Waals surface area contributed by atoms with Gasteiger partial charge in [-0.25, -0.2) is 0 Å². The zero-order chi connectivity index (χ0) is 10.8. The lowest BCUT2D eigenvalue weighted by molar-refractivity contribution is 0.0640. The number of hydrogen-bond acceptors (Lipinski definition) is 2. The first-order chi connectivity index (χ1) is 7.18. The van der Waals surface area contributed by atoms with Crippen LogP contribution in [0.2, 0.25) is 0 Å². The predicted octanol–water partition coefficient (Wildman–Crippen LogP) is 3.53. The maximum Gasteiger partial charge on any atom is 0.264 e. The van der Waals surface area contributed by atoms with Gasteiger partial charge in [-0.3, -0.25) is 4.79 Å². The Morgan fingerprint density at radius 2 is 2.33 bits per heavy atom. The molecule has 1 aliphatic heterocycles. The van der Waals surface area contributed by atoms with E-state index < -0.39 is 0 Å². The Kier molecular flexibility index (Phi) is 3.46. The van der Waals surface area contributed by atoms with Crippen LogP contribution in [0, 0.1) is 0 Å². The molecular weight excluding hydrogens is 274 g/mol. The second-order valence-electron chi connectivity index (χ2n) is 3.95. The van der Waals surface area contributed by atoms with E-state index in [9.17, 15) is 4.79 Å². The van der Waals surface area contributed by atoms with Crippen LogP contribution < -0.4 is 0 Å². The molecule has 1 aromatic heterocycles. The number of hydrogen-bond donors (Lipinski definition) is 0. The van der Waals surface area contributed by atoms with Crippen LogP contribution in [-0.2, 0) is 0 Å². The molecule has 0 N–H and O–H groups in total. The number of amides is 1. The molecule has 0 bridgehead atoms. The zero-order valence-corrected chi connectivity index (χ0v) is 11.1. The van der Waals surface area contributed by atoms with Crippen LogP contribution in [0.1, 0.15) is 35.9 Å². The monoisotopic (exact) mass is 287 g/mol. The predicted molar refractivity (Wildman–Crippen MR) is 66.4 cm³/mol. The van der Waals surface area contributed by atoms with Crippen molar-refractivity contribution < 1.29 is 4.79 Å². The largest absolute Gasteiger partial charge is 0.335 e. The molecule has 0 unspecified atom stereocenters. The highest BCUT2D eigenvalue weighted by atomic mass is 79.9. The third-order valence-corrected chi connectivity index (χ3v) is 4.46. The Morgan fingerprint density at radius 1 is 1.53 bits per heavy atom. The van der Waals surface area contributed by atoms with Crippen LogP contribution in [0.5, 0.6) is 0 Å². The van der Waals surface area contributed by atoms with Gasteiger partial charge < -0.3 is 4.90 Å². The van der Waals surface area contributed by atoms with Gasteiger partial charge in [0.2, 0.25) is 0 Å². The van der Waals surface area contributed by atoms with Crippen molar-refractivity contribution in [1.29, 1.82) is 0 Å². The molecule has 1 aromatic rings. The molecule has 1 amide bonds. The number of piperidine rings is 1. The number of carbonyl (C=O) groups is 1. The first kappa shape index (κ1) is 11.1. The molecule has 1 aliphatic rings. The van der Waals surface area contributed by atoms with E-state index in [1.54, 1.807) is 0 Å². The Hall–Kier alpha value is -0.350. The summed E-state index contributed by atoms with van der Waals surface area (Å²) in [7, 11) is 0. The maximum absolute atomic E-state index is 12.1. The first-order valence-electron chi connectivity index (χ1n) is 5.25. The minimum absolute atomic E-state index is 0.193. The second-order valence-corrected chi connectivity index (χ2v) is 6.41. The Morgan fingerprint density at radius 3 is 2.93 bits per heavy atom. The summed E-state index contributed by atoms with van der Waals surface area (Å²) < 4.78 is 1.02. The van der Waals surface area contributed by atoms with E-state index in [2.05, 4.69) is 22.9 Å². The van der Waals surface area contributed by atoms with Crippen molar-refractivity contribution in [2.24, 2.45) is 0 Å². The molecule has 2 nitrogen and oxygen atoms in total. The molecule has 15 heavy (non-hydrogen) atoms. The van der Waals surface area contributed by atoms with Crippen molar-refractivity contribution in [2.75, 3.05) is 6.54 Å². The van der Waals surface area contributed by atoms with Crippen LogP contribution >= 0.6 is 27.3 Å². The quantitative estimate of drug-likeness (QED) is 0.774. The molecule has 2 rings (SSSR count). The standard InChI is InChI=1S/C11H14BrNOS/c1-8-4-2-3-7-13(8)11(14)9-5-6-10(12)15-9/h5-6,8H,2-4,7H2,1H3/t8-/m0/s1. The third-order valence-electron chi connectivity index (χ3n) is 2.85. The van der Waals surface area contributed by atoms with Gasteiger partial charge in [0.1, 0.15) is 0 Å². The summed E-state index contributed by atoms with van der Waals surface area (Å²) in [6, 6.07) is 4.23. The smallest absolute Gasteiger partial charge is 0.264 e. The summed E-state index contributed by atoms with van der Waals surface area (Å²) >= 11 is 4.90. The molecule has 1 atom stereocenters. The highest BCUT2D eigenvalue weighted by Gasteiger charge is 2.24. The van der Waals surface area contributed by atoms with Gasteiger partial charge in [0.05, 0.1) is 8.66 Å². The molecule has 0 aromatic carbocycles. The fraction of sp³-hybridized carbons (Fsp3) is 0.545. The van der Waals surface area contributed by atoms with E-state index in [0.717, 1.165) is 28.0 Å².